The van der Waals surface area contributed by atoms with Gasteiger partial charge in [0, 0.05) is 37.9 Å². The topological polar surface area (TPSA) is 25.8 Å². The molecule has 0 fully saturated rings. The maximum atomic E-state index is 4.93. The van der Waals surface area contributed by atoms with Crippen molar-refractivity contribution in [3.63, 3.8) is 0 Å². The smallest absolute Gasteiger partial charge is 0.0198 e. The molecule has 0 bridgehead atoms. The first kappa shape index (κ1) is 40.0. The van der Waals surface area contributed by atoms with Crippen molar-refractivity contribution in [2.24, 2.45) is 0 Å². The molecule has 8 rings (SSSR count). The Labute approximate surface area is 342 Å². The van der Waals surface area contributed by atoms with Gasteiger partial charge in [-0.05, 0) is 116 Å². The molecule has 2 aromatic heterocycles. The molecule has 0 saturated heterocycles. The average molecular weight is 897 g/mol. The number of hydrogen-bond donors (Lipinski definition) is 0. The first-order valence-electron chi connectivity index (χ1n) is 19.1. The Hall–Kier alpha value is -4.69. The van der Waals surface area contributed by atoms with Crippen LogP contribution in [0.3, 0.4) is 0 Å². The number of hydrogen-bond acceptors (Lipinski definition) is 2. The van der Waals surface area contributed by atoms with Crippen LogP contribution in [-0.2, 0) is 36.4 Å². The van der Waals surface area contributed by atoms with Crippen LogP contribution >= 0.6 is 0 Å². The van der Waals surface area contributed by atoms with Gasteiger partial charge in [0.15, 0.2) is 0 Å². The number of rotatable bonds is 3. The Balaban J connectivity index is 0.000000211. The molecule has 0 aliphatic heterocycles. The molecule has 0 saturated carbocycles. The van der Waals surface area contributed by atoms with Crippen molar-refractivity contribution < 1.29 is 20.1 Å². The van der Waals surface area contributed by atoms with Gasteiger partial charge in [-0.25, -0.2) is 0 Å². The second kappa shape index (κ2) is 15.1. The molecule has 55 heavy (non-hydrogen) atoms. The van der Waals surface area contributed by atoms with Crippen molar-refractivity contribution in [2.45, 2.75) is 92.4 Å². The van der Waals surface area contributed by atoms with Crippen molar-refractivity contribution in [2.75, 3.05) is 0 Å². The van der Waals surface area contributed by atoms with Gasteiger partial charge in [-0.3, -0.25) is 0 Å². The summed E-state index contributed by atoms with van der Waals surface area (Å²) in [5, 5.41) is 2.57. The van der Waals surface area contributed by atoms with Crippen molar-refractivity contribution in [3.05, 3.63) is 167 Å². The van der Waals surface area contributed by atoms with Crippen LogP contribution in [0.1, 0.15) is 94.3 Å². The molecule has 3 heteroatoms. The minimum atomic E-state index is -0.141. The van der Waals surface area contributed by atoms with Crippen molar-refractivity contribution in [1.29, 1.82) is 0 Å². The molecule has 5 aromatic carbocycles. The Morgan fingerprint density at radius 1 is 0.618 bits per heavy atom. The summed E-state index contributed by atoms with van der Waals surface area (Å²) in [4.78, 5) is 9.51. The van der Waals surface area contributed by atoms with Gasteiger partial charge < -0.3 is 9.97 Å². The van der Waals surface area contributed by atoms with Crippen LogP contribution in [0.5, 0.6) is 0 Å². The average Bonchev–Trinajstić information content (AvgIpc) is 3.35. The van der Waals surface area contributed by atoms with Crippen molar-refractivity contribution in [3.8, 4) is 44.8 Å². The predicted molar refractivity (Wildman–Crippen MR) is 229 cm³/mol. The third-order valence-corrected chi connectivity index (χ3v) is 11.0. The van der Waals surface area contributed by atoms with E-state index in [0.717, 1.165) is 22.5 Å². The van der Waals surface area contributed by atoms with E-state index < -0.39 is 0 Å². The summed E-state index contributed by atoms with van der Waals surface area (Å²) in [6.07, 6.45) is 3.93. The number of pyridine rings is 2. The molecule has 0 amide bonds. The van der Waals surface area contributed by atoms with E-state index in [2.05, 4.69) is 190 Å². The molecular weight excluding hydrogens is 845 g/mol. The van der Waals surface area contributed by atoms with Crippen LogP contribution in [0, 0.1) is 32.9 Å². The number of fused-ring (bicyclic) bond motifs is 4. The van der Waals surface area contributed by atoms with E-state index in [1.54, 1.807) is 0 Å². The van der Waals surface area contributed by atoms with Crippen LogP contribution < -0.4 is 0 Å². The summed E-state index contributed by atoms with van der Waals surface area (Å²) in [5.41, 5.74) is 18.6. The van der Waals surface area contributed by atoms with Crippen LogP contribution in [0.15, 0.2) is 116 Å². The molecule has 0 atom stereocenters. The molecule has 2 nitrogen and oxygen atoms in total. The fourth-order valence-corrected chi connectivity index (χ4v) is 8.08. The van der Waals surface area contributed by atoms with Gasteiger partial charge in [0.25, 0.3) is 0 Å². The summed E-state index contributed by atoms with van der Waals surface area (Å²) in [5.74, 6) is 0. The predicted octanol–water partition coefficient (Wildman–Crippen LogP) is 13.7. The molecule has 0 unspecified atom stereocenters. The van der Waals surface area contributed by atoms with Gasteiger partial charge in [0.2, 0.25) is 0 Å². The van der Waals surface area contributed by atoms with E-state index in [-0.39, 0.29) is 36.4 Å². The van der Waals surface area contributed by atoms with Crippen LogP contribution in [0.25, 0.3) is 55.5 Å². The standard InChI is InChI=1S/C33H28N.C19H24N.Ir/c1-20-15-21(2)30(22(3)16-20)25-11-8-12-26(17-25)32-31-27(13-14-34-32)28-18-23-9-6-7-10-24(23)19-29(28)33(31,4)5;1-18(2,3)15-9-7-14(8-10-15)17-12-11-16(13-20-17)19(4,5)6;/h6-11,13-19H,1-5H3;7,9-13H,1-6H3;/q2*-1;. The maximum Gasteiger partial charge on any atom is 0.0198 e. The number of nitrogens with zero attached hydrogens (tertiary/aromatic N) is 2. The van der Waals surface area contributed by atoms with Gasteiger partial charge >= 0.3 is 0 Å². The summed E-state index contributed by atoms with van der Waals surface area (Å²) >= 11 is 0. The molecule has 1 aliphatic carbocycles. The van der Waals surface area contributed by atoms with E-state index in [0.29, 0.717) is 0 Å². The number of aryl methyl sites for hydroxylation is 3. The van der Waals surface area contributed by atoms with E-state index in [9.17, 15) is 0 Å². The third-order valence-electron chi connectivity index (χ3n) is 11.0. The Morgan fingerprint density at radius 2 is 1.27 bits per heavy atom. The minimum Gasteiger partial charge on any atom is -0.304 e. The van der Waals surface area contributed by atoms with E-state index in [1.165, 1.54) is 72.0 Å². The fraction of sp³-hybridized carbons (Fsp3) is 0.269. The third kappa shape index (κ3) is 7.88. The van der Waals surface area contributed by atoms with E-state index in [1.807, 2.05) is 18.5 Å². The molecule has 2 heterocycles. The van der Waals surface area contributed by atoms with E-state index >= 15 is 0 Å². The quantitative estimate of drug-likeness (QED) is 0.165. The molecule has 281 valence electrons. The molecule has 7 aromatic rings. The summed E-state index contributed by atoms with van der Waals surface area (Å²) in [7, 11) is 0. The molecule has 1 aliphatic rings. The van der Waals surface area contributed by atoms with Gasteiger partial charge in [-0.15, -0.1) is 70.8 Å². The molecular formula is C52H52IrN2-2. The normalized spacial score (nSPS) is 13.0. The second-order valence-corrected chi connectivity index (χ2v) is 17.6. The first-order valence-corrected chi connectivity index (χ1v) is 19.1. The van der Waals surface area contributed by atoms with Crippen molar-refractivity contribution in [1.82, 2.24) is 9.97 Å². The largest absolute Gasteiger partial charge is 0.304 e. The maximum absolute atomic E-state index is 4.93. The van der Waals surface area contributed by atoms with Crippen LogP contribution in [-0.4, -0.2) is 9.97 Å². The van der Waals surface area contributed by atoms with E-state index in [4.69, 9.17) is 4.98 Å². The monoisotopic (exact) mass is 897 g/mol. The molecule has 1 radical (unpaired) electrons. The summed E-state index contributed by atoms with van der Waals surface area (Å²) < 4.78 is 0. The first-order chi connectivity index (χ1) is 25.5. The zero-order chi connectivity index (χ0) is 38.6. The number of benzene rings is 5. The SMILES string of the molecule is CC(C)(C)c1c[c-]c(-c2ccc(C(C)(C)C)cn2)cc1.Cc1cc(C)c(-c2cc[c-]c(-c3nccc4c3C(C)(C)c3cc5ccccc5cc3-4)c2)c(C)c1.[Ir]. The minimum absolute atomic E-state index is 0. The van der Waals surface area contributed by atoms with Gasteiger partial charge in [0.05, 0.1) is 0 Å². The Kier molecular flexibility index (Phi) is 11.0. The second-order valence-electron chi connectivity index (χ2n) is 17.6. The molecule has 0 spiro atoms. The van der Waals surface area contributed by atoms with Crippen LogP contribution in [0.4, 0.5) is 0 Å². The summed E-state index contributed by atoms with van der Waals surface area (Å²) in [6.45, 7) is 24.5. The zero-order valence-electron chi connectivity index (χ0n) is 34.2. The Morgan fingerprint density at radius 3 is 1.87 bits per heavy atom. The van der Waals surface area contributed by atoms with Gasteiger partial charge in [0.1, 0.15) is 0 Å². The Bertz CT molecular complexity index is 2410. The zero-order valence-corrected chi connectivity index (χ0v) is 36.6. The van der Waals surface area contributed by atoms with Gasteiger partial charge in [-0.2, -0.15) is 0 Å². The fourth-order valence-electron chi connectivity index (χ4n) is 8.08. The van der Waals surface area contributed by atoms with Crippen molar-refractivity contribution >= 4 is 10.8 Å². The number of aromatic nitrogens is 2. The van der Waals surface area contributed by atoms with Gasteiger partial charge in [-0.1, -0.05) is 109 Å². The summed E-state index contributed by atoms with van der Waals surface area (Å²) in [6, 6.07) is 44.0. The molecule has 0 N–H and O–H groups in total. The van der Waals surface area contributed by atoms with Crippen LogP contribution in [0.2, 0.25) is 0 Å².